The van der Waals surface area contributed by atoms with Gasteiger partial charge < -0.3 is 75.2 Å². The number of rotatable bonds is 39. The number of aliphatic carboxylic acids is 1. The van der Waals surface area contributed by atoms with Crippen LogP contribution in [0.15, 0.2) is 0 Å². The minimum Gasteiger partial charge on any atom is -0.480 e. The highest BCUT2D eigenvalue weighted by Crippen LogP contribution is 2.48. The van der Waals surface area contributed by atoms with Gasteiger partial charge in [-0.15, -0.1) is 0 Å². The van der Waals surface area contributed by atoms with Crippen molar-refractivity contribution in [3.05, 3.63) is 0 Å². The standard InChI is InChI=1S/C46H86NO20P/c1-3-5-7-9-11-13-15-17-19-21-23-25-34(49)61-28-31(64-35(50)26-24-22-20-18-16-14-12-10-8-6-4-2)29-63-68(59,60)67-44-42(62-30-32(47)45(57)58)39(54)38(53)40(55)43(44)66-46-41(56)37(52)36(51)33(27-48)65-46/h31-33,36-44,46,48,51-56H,3-30,47H2,1-2H3,(H,57,58)(H,59,60)/t31-,32-,33-,36-,37+,38+,39+,40-,41+,42-,43-,44+,46-/m1/s1. The van der Waals surface area contributed by atoms with Crippen LogP contribution >= 0.6 is 7.82 Å². The van der Waals surface area contributed by atoms with Gasteiger partial charge in [0.05, 0.1) is 19.8 Å². The number of unbranched alkanes of at least 4 members (excludes halogenated alkanes) is 20. The Bertz CT molecular complexity index is 1410. The van der Waals surface area contributed by atoms with Gasteiger partial charge in [-0.2, -0.15) is 0 Å². The molecule has 1 aliphatic heterocycles. The first kappa shape index (κ1) is 62.2. The minimum atomic E-state index is -5.49. The Balaban J connectivity index is 2.16. The molecular weight excluding hydrogens is 917 g/mol. The van der Waals surface area contributed by atoms with Crippen LogP contribution in [0.1, 0.15) is 168 Å². The van der Waals surface area contributed by atoms with Crippen LogP contribution in [-0.4, -0.2) is 170 Å². The van der Waals surface area contributed by atoms with Crippen LogP contribution < -0.4 is 5.73 Å². The molecule has 1 saturated heterocycles. The van der Waals surface area contributed by atoms with Crippen molar-refractivity contribution in [1.29, 1.82) is 0 Å². The molecule has 0 aromatic rings. The summed E-state index contributed by atoms with van der Waals surface area (Å²) in [6.45, 7) is 1.14. The Morgan fingerprint density at radius 1 is 0.588 bits per heavy atom. The second-order valence-corrected chi connectivity index (χ2v) is 19.6. The van der Waals surface area contributed by atoms with E-state index in [1.54, 1.807) is 0 Å². The molecule has 21 nitrogen and oxygen atoms in total. The van der Waals surface area contributed by atoms with E-state index in [0.717, 1.165) is 57.8 Å². The number of phosphoric acid groups is 1. The fraction of sp³-hybridized carbons (Fsp3) is 0.935. The summed E-state index contributed by atoms with van der Waals surface area (Å²) in [5.74, 6) is -2.83. The maximum Gasteiger partial charge on any atom is 0.472 e. The number of aliphatic hydroxyl groups is 7. The zero-order valence-corrected chi connectivity index (χ0v) is 41.2. The zero-order valence-electron chi connectivity index (χ0n) is 40.3. The average molecular weight is 1000 g/mol. The summed E-state index contributed by atoms with van der Waals surface area (Å²) >= 11 is 0. The molecule has 2 fully saturated rings. The third kappa shape index (κ3) is 24.0. The molecule has 0 aromatic carbocycles. The van der Waals surface area contributed by atoms with Crippen molar-refractivity contribution in [2.45, 2.75) is 247 Å². The Morgan fingerprint density at radius 2 is 1.04 bits per heavy atom. The molecule has 0 aromatic heterocycles. The van der Waals surface area contributed by atoms with Crippen LogP contribution in [0.4, 0.5) is 0 Å². The second-order valence-electron chi connectivity index (χ2n) is 18.2. The van der Waals surface area contributed by atoms with E-state index in [9.17, 15) is 64.7 Å². The predicted molar refractivity (Wildman–Crippen MR) is 246 cm³/mol. The van der Waals surface area contributed by atoms with Gasteiger partial charge in [0, 0.05) is 12.8 Å². The number of carboxylic acid groups (broad SMARTS) is 1. The van der Waals surface area contributed by atoms with Gasteiger partial charge in [-0.05, 0) is 12.8 Å². The summed E-state index contributed by atoms with van der Waals surface area (Å²) in [4.78, 5) is 48.4. The van der Waals surface area contributed by atoms with Crippen molar-refractivity contribution >= 4 is 25.7 Å². The van der Waals surface area contributed by atoms with Gasteiger partial charge >= 0.3 is 25.7 Å². The van der Waals surface area contributed by atoms with E-state index >= 15 is 0 Å². The van der Waals surface area contributed by atoms with Gasteiger partial charge in [-0.3, -0.25) is 23.4 Å². The summed E-state index contributed by atoms with van der Waals surface area (Å²) in [6.07, 6.45) is -0.233. The molecule has 0 spiro atoms. The van der Waals surface area contributed by atoms with E-state index in [2.05, 4.69) is 13.8 Å². The van der Waals surface area contributed by atoms with Crippen molar-refractivity contribution in [2.75, 3.05) is 26.4 Å². The van der Waals surface area contributed by atoms with Crippen molar-refractivity contribution < 1.29 is 97.4 Å². The second kappa shape index (κ2) is 35.2. The van der Waals surface area contributed by atoms with Crippen LogP contribution in [-0.2, 0) is 51.7 Å². The zero-order chi connectivity index (χ0) is 50.5. The van der Waals surface area contributed by atoms with E-state index in [0.29, 0.717) is 12.8 Å². The number of esters is 2. The monoisotopic (exact) mass is 1000 g/mol. The van der Waals surface area contributed by atoms with E-state index in [-0.39, 0.29) is 12.8 Å². The van der Waals surface area contributed by atoms with Gasteiger partial charge in [0.2, 0.25) is 0 Å². The summed E-state index contributed by atoms with van der Waals surface area (Å²) in [7, 11) is -5.49. The first-order valence-electron chi connectivity index (χ1n) is 25.1. The molecule has 14 atom stereocenters. The van der Waals surface area contributed by atoms with Crippen molar-refractivity contribution in [3.8, 4) is 0 Å². The molecule has 400 valence electrons. The van der Waals surface area contributed by atoms with Crippen LogP contribution in [0, 0.1) is 0 Å². The number of carbonyl (C=O) groups excluding carboxylic acids is 2. The summed E-state index contributed by atoms with van der Waals surface area (Å²) in [5, 5.41) is 83.1. The molecule has 1 heterocycles. The van der Waals surface area contributed by atoms with Gasteiger partial charge in [0.1, 0.15) is 73.7 Å². The lowest BCUT2D eigenvalue weighted by atomic mass is 9.84. The Morgan fingerprint density at radius 3 is 1.53 bits per heavy atom. The molecule has 2 rings (SSSR count). The number of phosphoric ester groups is 1. The summed E-state index contributed by atoms with van der Waals surface area (Å²) < 4.78 is 51.7. The van der Waals surface area contributed by atoms with Gasteiger partial charge in [-0.25, -0.2) is 4.57 Å². The van der Waals surface area contributed by atoms with E-state index < -0.39 is 132 Å². The van der Waals surface area contributed by atoms with Crippen molar-refractivity contribution in [2.24, 2.45) is 5.73 Å². The Hall–Kier alpha value is -1.92. The number of carboxylic acids is 1. The first-order valence-corrected chi connectivity index (χ1v) is 26.6. The predicted octanol–water partition coefficient (Wildman–Crippen LogP) is 3.42. The Kier molecular flexibility index (Phi) is 32.2. The molecule has 22 heteroatoms. The summed E-state index contributed by atoms with van der Waals surface area (Å²) in [5.41, 5.74) is 5.57. The molecule has 0 amide bonds. The lowest BCUT2D eigenvalue weighted by Gasteiger charge is -2.48. The SMILES string of the molecule is CCCCCCCCCCCCCC(=O)OC[C@H](COP(=O)(O)O[C@@H]1[C@H](O[C@H]2O[C@H](CO)[C@@H](O)[C@H](O)[C@@H]2O)[C@H](O)[C@@H](O)[C@H](O)[C@H]1OC[C@@H](N)C(=O)O)OC(=O)CCCCCCCCCCCCC. The quantitative estimate of drug-likeness (QED) is 0.0239. The normalized spacial score (nSPS) is 28.1. The minimum absolute atomic E-state index is 0.00212. The van der Waals surface area contributed by atoms with Crippen LogP contribution in [0.2, 0.25) is 0 Å². The molecule has 0 bridgehead atoms. The number of carbonyl (C=O) groups is 3. The van der Waals surface area contributed by atoms with E-state index in [1.165, 1.54) is 70.6 Å². The van der Waals surface area contributed by atoms with Gasteiger partial charge in [-0.1, -0.05) is 142 Å². The van der Waals surface area contributed by atoms with Crippen molar-refractivity contribution in [3.63, 3.8) is 0 Å². The molecule has 11 N–H and O–H groups in total. The average Bonchev–Trinajstić information content (AvgIpc) is 3.30. The highest BCUT2D eigenvalue weighted by molar-refractivity contribution is 7.47. The Labute approximate surface area is 401 Å². The highest BCUT2D eigenvalue weighted by Gasteiger charge is 2.56. The topological polar surface area (TPSA) is 341 Å². The number of hydrogen-bond donors (Lipinski definition) is 10. The lowest BCUT2D eigenvalue weighted by Crippen LogP contribution is -2.68. The fourth-order valence-corrected chi connectivity index (χ4v) is 9.07. The van der Waals surface area contributed by atoms with Gasteiger partial charge in [0.15, 0.2) is 12.4 Å². The first-order chi connectivity index (χ1) is 32.5. The summed E-state index contributed by atoms with van der Waals surface area (Å²) in [6, 6.07) is -1.73. The number of ether oxygens (including phenoxy) is 5. The third-order valence-corrected chi connectivity index (χ3v) is 13.3. The maximum atomic E-state index is 13.7. The maximum absolute atomic E-state index is 13.7. The van der Waals surface area contributed by atoms with Crippen LogP contribution in [0.25, 0.3) is 0 Å². The number of nitrogens with two attached hydrogens (primary N) is 1. The molecule has 68 heavy (non-hydrogen) atoms. The van der Waals surface area contributed by atoms with Gasteiger partial charge in [0.25, 0.3) is 0 Å². The molecule has 2 aliphatic rings. The largest absolute Gasteiger partial charge is 0.480 e. The molecular formula is C46H86NO20P. The number of aliphatic hydroxyl groups excluding tert-OH is 7. The molecule has 0 radical (unpaired) electrons. The molecule has 1 aliphatic carbocycles. The lowest BCUT2D eigenvalue weighted by molar-refractivity contribution is -0.339. The van der Waals surface area contributed by atoms with E-state index in [1.807, 2.05) is 0 Å². The third-order valence-electron chi connectivity index (χ3n) is 12.3. The smallest absolute Gasteiger partial charge is 0.472 e. The number of hydrogen-bond acceptors (Lipinski definition) is 19. The molecule has 1 saturated carbocycles. The fourth-order valence-electron chi connectivity index (χ4n) is 8.11. The molecule has 1 unspecified atom stereocenters. The van der Waals surface area contributed by atoms with Crippen LogP contribution in [0.3, 0.4) is 0 Å². The highest BCUT2D eigenvalue weighted by atomic mass is 31.2. The van der Waals surface area contributed by atoms with Crippen molar-refractivity contribution in [1.82, 2.24) is 0 Å². The van der Waals surface area contributed by atoms with E-state index in [4.69, 9.17) is 38.5 Å². The van der Waals surface area contributed by atoms with Crippen LogP contribution in [0.5, 0.6) is 0 Å².